The van der Waals surface area contributed by atoms with Crippen LogP contribution in [-0.2, 0) is 0 Å². The second-order valence-corrected chi connectivity index (χ2v) is 2.87. The Bertz CT molecular complexity index is 436. The Balaban J connectivity index is 2.27. The fourth-order valence-corrected chi connectivity index (χ4v) is 1.26. The second kappa shape index (κ2) is 3.86. The van der Waals surface area contributed by atoms with Crippen LogP contribution in [0.2, 0.25) is 0 Å². The molecule has 0 saturated carbocycles. The molecule has 6 heteroatoms. The van der Waals surface area contributed by atoms with Crippen LogP contribution in [0.1, 0.15) is 0 Å². The summed E-state index contributed by atoms with van der Waals surface area (Å²) in [6.45, 7) is 0.00530. The lowest BCUT2D eigenvalue weighted by Gasteiger charge is -2.37. The van der Waals surface area contributed by atoms with E-state index in [0.29, 0.717) is 16.5 Å². The molecule has 1 aliphatic heterocycles. The van der Waals surface area contributed by atoms with E-state index in [1.165, 1.54) is 0 Å². The largest absolute Gasteiger partial charge is 0.739 e. The minimum atomic E-state index is 0.00530. The van der Waals surface area contributed by atoms with E-state index in [4.69, 9.17) is 5.26 Å². The smallest absolute Gasteiger partial charge is 0.215 e. The zero-order valence-electron chi connectivity index (χ0n) is 7.77. The van der Waals surface area contributed by atoms with Gasteiger partial charge in [-0.1, -0.05) is 12.1 Å². The number of benzene rings is 1. The summed E-state index contributed by atoms with van der Waals surface area (Å²) in [4.78, 5) is 3.84. The van der Waals surface area contributed by atoms with Crippen molar-refractivity contribution in [2.24, 2.45) is 4.99 Å². The summed E-state index contributed by atoms with van der Waals surface area (Å²) < 4.78 is 0. The highest BCUT2D eigenvalue weighted by molar-refractivity contribution is 6.01. The van der Waals surface area contributed by atoms with Crippen molar-refractivity contribution in [2.75, 3.05) is 17.0 Å². The van der Waals surface area contributed by atoms with Crippen LogP contribution < -0.4 is 15.9 Å². The highest BCUT2D eigenvalue weighted by Gasteiger charge is 2.12. The van der Waals surface area contributed by atoms with Crippen LogP contribution in [0, 0.1) is 16.5 Å². The molecule has 0 aromatic heterocycles. The molecule has 0 saturated heterocycles. The van der Waals surface area contributed by atoms with Gasteiger partial charge in [-0.15, -0.1) is 0 Å². The first-order valence-corrected chi connectivity index (χ1v) is 4.32. The quantitative estimate of drug-likeness (QED) is 0.658. The van der Waals surface area contributed by atoms with Gasteiger partial charge < -0.3 is 15.7 Å². The van der Waals surface area contributed by atoms with E-state index < -0.39 is 0 Å². The number of nitrogens with one attached hydrogen (secondary N) is 2. The van der Waals surface area contributed by atoms with Gasteiger partial charge >= 0.3 is 0 Å². The fraction of sp³-hybridized carbons (Fsp3) is 0.111. The summed E-state index contributed by atoms with van der Waals surface area (Å²) in [7, 11) is 0. The van der Waals surface area contributed by atoms with E-state index in [-0.39, 0.29) is 12.5 Å². The van der Waals surface area contributed by atoms with E-state index in [0.717, 1.165) is 0 Å². The lowest BCUT2D eigenvalue weighted by molar-refractivity contribution is 0.902. The summed E-state index contributed by atoms with van der Waals surface area (Å²) in [5, 5.41) is 23.3. The Morgan fingerprint density at radius 3 is 3.07 bits per heavy atom. The Morgan fingerprint density at radius 2 is 2.27 bits per heavy atom. The minimum Gasteiger partial charge on any atom is -0.739 e. The molecule has 15 heavy (non-hydrogen) atoms. The molecule has 1 heterocycles. The van der Waals surface area contributed by atoms with E-state index in [9.17, 15) is 5.21 Å². The highest BCUT2D eigenvalue weighted by atomic mass is 16.5. The van der Waals surface area contributed by atoms with E-state index in [1.807, 2.05) is 12.1 Å². The summed E-state index contributed by atoms with van der Waals surface area (Å²) in [6, 6.07) is 8.90. The molecule has 0 bridgehead atoms. The van der Waals surface area contributed by atoms with Crippen LogP contribution in [0.3, 0.4) is 0 Å². The van der Waals surface area contributed by atoms with Crippen molar-refractivity contribution in [2.45, 2.75) is 0 Å². The molecule has 2 N–H and O–H groups in total. The van der Waals surface area contributed by atoms with Crippen molar-refractivity contribution < 1.29 is 0 Å². The molecular weight excluding hydrogens is 194 g/mol. The van der Waals surface area contributed by atoms with Gasteiger partial charge in [-0.3, -0.25) is 5.43 Å². The van der Waals surface area contributed by atoms with Crippen LogP contribution in [-0.4, -0.2) is 12.5 Å². The van der Waals surface area contributed by atoms with Gasteiger partial charge in [0.2, 0.25) is 5.96 Å². The molecule has 1 aromatic carbocycles. The maximum absolute atomic E-state index is 11.5. The number of rotatable bonds is 1. The molecule has 0 radical (unpaired) electrons. The first-order valence-electron chi connectivity index (χ1n) is 4.32. The number of fused-ring (bicyclic) bond motifs is 1. The zero-order valence-corrected chi connectivity index (χ0v) is 7.77. The van der Waals surface area contributed by atoms with Crippen LogP contribution >= 0.6 is 0 Å². The molecule has 1 aromatic rings. The van der Waals surface area contributed by atoms with Gasteiger partial charge in [0, 0.05) is 0 Å². The SMILES string of the molecule is N#CCN=C1Nc2ccccc2N([O-])N1. The monoisotopic (exact) mass is 202 g/mol. The second-order valence-electron chi connectivity index (χ2n) is 2.87. The molecular formula is C9H8N5O-. The van der Waals surface area contributed by atoms with E-state index in [2.05, 4.69) is 15.7 Å². The van der Waals surface area contributed by atoms with Gasteiger partial charge in [0.25, 0.3) is 0 Å². The molecule has 0 atom stereocenters. The van der Waals surface area contributed by atoms with Gasteiger partial charge in [0.1, 0.15) is 6.54 Å². The maximum atomic E-state index is 11.5. The lowest BCUT2D eigenvalue weighted by Crippen LogP contribution is -2.46. The summed E-state index contributed by atoms with van der Waals surface area (Å²) in [5.41, 5.74) is 3.64. The Morgan fingerprint density at radius 1 is 1.47 bits per heavy atom. The molecule has 0 spiro atoms. The van der Waals surface area contributed by atoms with Crippen LogP contribution in [0.25, 0.3) is 0 Å². The summed E-state index contributed by atoms with van der Waals surface area (Å²) in [6.07, 6.45) is 0. The predicted molar refractivity (Wildman–Crippen MR) is 57.0 cm³/mol. The minimum absolute atomic E-state index is 0.00530. The van der Waals surface area contributed by atoms with Crippen molar-refractivity contribution in [3.05, 3.63) is 29.5 Å². The van der Waals surface area contributed by atoms with Crippen molar-refractivity contribution in [3.63, 3.8) is 0 Å². The number of guanidine groups is 1. The van der Waals surface area contributed by atoms with Gasteiger partial charge in [0.15, 0.2) is 0 Å². The Kier molecular flexibility index (Phi) is 2.39. The summed E-state index contributed by atoms with van der Waals surface area (Å²) in [5.74, 6) is 0.283. The fourth-order valence-electron chi connectivity index (χ4n) is 1.26. The van der Waals surface area contributed by atoms with Crippen molar-refractivity contribution >= 4 is 17.3 Å². The molecule has 0 fully saturated rings. The van der Waals surface area contributed by atoms with Crippen LogP contribution in [0.15, 0.2) is 29.3 Å². The number of hydrogen-bond donors (Lipinski definition) is 2. The third kappa shape index (κ3) is 1.82. The summed E-state index contributed by atoms with van der Waals surface area (Å²) >= 11 is 0. The van der Waals surface area contributed by atoms with Gasteiger partial charge in [-0.2, -0.15) is 5.26 Å². The number of para-hydroxylation sites is 2. The molecule has 0 unspecified atom stereocenters. The van der Waals surface area contributed by atoms with Crippen LogP contribution in [0.5, 0.6) is 0 Å². The number of nitriles is 1. The molecule has 0 amide bonds. The standard InChI is InChI=1S/C9H8N5O/c10-5-6-11-9-12-7-3-1-2-4-8(7)14(15)13-9/h1-4H,6H2,(H2,11,12,13)/q-1. The van der Waals surface area contributed by atoms with Crippen molar-refractivity contribution in [1.29, 1.82) is 5.26 Å². The highest BCUT2D eigenvalue weighted by Crippen LogP contribution is 2.26. The first-order chi connectivity index (χ1) is 7.31. The molecule has 2 rings (SSSR count). The third-order valence-electron chi connectivity index (χ3n) is 1.89. The lowest BCUT2D eigenvalue weighted by atomic mass is 10.2. The number of hydrogen-bond acceptors (Lipinski definition) is 4. The number of nitrogens with zero attached hydrogens (tertiary/aromatic N) is 3. The predicted octanol–water partition coefficient (Wildman–Crippen LogP) is 0.800. The van der Waals surface area contributed by atoms with E-state index >= 15 is 0 Å². The average Bonchev–Trinajstić information content (AvgIpc) is 2.26. The van der Waals surface area contributed by atoms with Gasteiger partial charge in [-0.25, -0.2) is 4.99 Å². The van der Waals surface area contributed by atoms with Crippen molar-refractivity contribution in [1.82, 2.24) is 5.43 Å². The Hall–Kier alpha value is -2.26. The normalized spacial score (nSPS) is 16.3. The van der Waals surface area contributed by atoms with E-state index in [1.54, 1.807) is 18.2 Å². The number of aliphatic imine (C=N–C) groups is 1. The van der Waals surface area contributed by atoms with Gasteiger partial charge in [0.05, 0.1) is 17.4 Å². The maximum Gasteiger partial charge on any atom is 0.215 e. The zero-order chi connectivity index (χ0) is 10.7. The first kappa shape index (κ1) is 9.30. The number of anilines is 2. The molecule has 6 nitrogen and oxygen atoms in total. The molecule has 76 valence electrons. The van der Waals surface area contributed by atoms with Gasteiger partial charge in [-0.05, 0) is 12.1 Å². The van der Waals surface area contributed by atoms with Crippen LogP contribution in [0.4, 0.5) is 11.4 Å². The number of hydrazine groups is 1. The average molecular weight is 202 g/mol. The molecule has 1 aliphatic rings. The van der Waals surface area contributed by atoms with Crippen molar-refractivity contribution in [3.8, 4) is 6.07 Å². The Labute approximate surface area is 86.4 Å². The topological polar surface area (TPSA) is 86.5 Å². The third-order valence-corrected chi connectivity index (χ3v) is 1.89. The molecule has 0 aliphatic carbocycles.